The van der Waals surface area contributed by atoms with Gasteiger partial charge in [-0.3, -0.25) is 0 Å². The first-order chi connectivity index (χ1) is 4.00. The van der Waals surface area contributed by atoms with Gasteiger partial charge in [0.1, 0.15) is 0 Å². The molecule has 0 radical (unpaired) electrons. The van der Waals surface area contributed by atoms with Crippen LogP contribution in [0.3, 0.4) is 0 Å². The molecule has 0 saturated heterocycles. The molecule has 0 aliphatic rings. The van der Waals surface area contributed by atoms with E-state index in [4.69, 9.17) is 26.5 Å². The van der Waals surface area contributed by atoms with Crippen molar-refractivity contribution in [3.8, 4) is 0 Å². The molecule has 0 saturated carbocycles. The SMILES string of the molecule is O=C(O)O.[15NH2][15N]=[13C]([15NH2])[15NH2]. The van der Waals surface area contributed by atoms with Crippen LogP contribution in [-0.2, 0) is 0 Å². The van der Waals surface area contributed by atoms with Gasteiger partial charge in [0.25, 0.3) is 0 Å². The molecule has 0 unspecified atom stereocenters. The molecule has 8 N–H and O–H groups in total. The van der Waals surface area contributed by atoms with Gasteiger partial charge in [-0.05, 0) is 0 Å². The standard InChI is InChI=1S/CH6N4.CH2O3/c2-1(3)5-4;2-1(3)4/h4H2,(H4,2,3,5);(H2,2,3,4)/i1+1,2+1,3+1,4+1,5+1;. The first-order valence-electron chi connectivity index (χ1n) is 1.71. The zero-order valence-corrected chi connectivity index (χ0v) is 4.48. The van der Waals surface area contributed by atoms with Gasteiger partial charge in [-0.1, -0.05) is 0 Å². The minimum atomic E-state index is -1.83. The van der Waals surface area contributed by atoms with Gasteiger partial charge in [-0.25, -0.2) is 4.79 Å². The fourth-order valence-corrected chi connectivity index (χ4v) is 0. The summed E-state index contributed by atoms with van der Waals surface area (Å²) >= 11 is 0. The molecular formula is C2H8N4O3. The lowest BCUT2D eigenvalue weighted by Crippen LogP contribution is -2.23. The molecule has 7 heteroatoms. The van der Waals surface area contributed by atoms with Crippen molar-refractivity contribution in [1.29, 1.82) is 0 Å². The summed E-state index contributed by atoms with van der Waals surface area (Å²) in [6.07, 6.45) is -1.83. The number of carbonyl (C=O) groups is 1. The van der Waals surface area contributed by atoms with Crippen LogP contribution in [0.25, 0.3) is 0 Å². The largest absolute Gasteiger partial charge is 0.503 e. The Morgan fingerprint density at radius 1 is 1.33 bits per heavy atom. The lowest BCUT2D eigenvalue weighted by Gasteiger charge is -1.76. The summed E-state index contributed by atoms with van der Waals surface area (Å²) in [5.41, 5.74) is 9.39. The molecule has 9 heavy (non-hydrogen) atoms. The van der Waals surface area contributed by atoms with E-state index in [1.165, 1.54) is 0 Å². The van der Waals surface area contributed by atoms with Crippen LogP contribution in [0.15, 0.2) is 5.10 Å². The van der Waals surface area contributed by atoms with Crippen LogP contribution in [0.5, 0.6) is 0 Å². The Hall–Kier alpha value is -1.66. The third-order valence-electron chi connectivity index (χ3n) is 0.149. The maximum atomic E-state index is 8.56. The molecule has 0 aliphatic heterocycles. The monoisotopic (exact) mass is 141 g/mol. The van der Waals surface area contributed by atoms with Gasteiger partial charge in [0, 0.05) is 0 Å². The molecule has 0 fully saturated rings. The molecule has 0 aliphatic carbocycles. The molecule has 0 aromatic heterocycles. The molecule has 0 rings (SSSR count). The first-order valence-corrected chi connectivity index (χ1v) is 1.71. The number of nitrogens with zero attached hydrogens (tertiary/aromatic N) is 1. The maximum absolute atomic E-state index is 8.56. The van der Waals surface area contributed by atoms with Crippen molar-refractivity contribution in [3.63, 3.8) is 0 Å². The van der Waals surface area contributed by atoms with E-state index in [0.29, 0.717) is 0 Å². The van der Waals surface area contributed by atoms with Gasteiger partial charge in [0.05, 0.1) is 0 Å². The molecular weight excluding hydrogens is 133 g/mol. The second-order valence-corrected chi connectivity index (χ2v) is 0.837. The first kappa shape index (κ1) is 10.3. The van der Waals surface area contributed by atoms with Crippen LogP contribution in [0, 0.1) is 0 Å². The van der Waals surface area contributed by atoms with Crippen molar-refractivity contribution in [1.82, 2.24) is 0 Å². The van der Waals surface area contributed by atoms with Crippen molar-refractivity contribution < 1.29 is 15.0 Å². The fraction of sp³-hybridized carbons (Fsp3) is 0. The van der Waals surface area contributed by atoms with Crippen LogP contribution in [-0.4, -0.2) is 22.3 Å². The molecule has 0 heterocycles. The summed E-state index contributed by atoms with van der Waals surface area (Å²) in [6, 6.07) is 0. The molecule has 0 aromatic carbocycles. The minimum absolute atomic E-state index is 0.0926. The van der Waals surface area contributed by atoms with E-state index in [-0.39, 0.29) is 5.96 Å². The third kappa shape index (κ3) is 1030. The Balaban J connectivity index is 0. The second-order valence-electron chi connectivity index (χ2n) is 0.837. The van der Waals surface area contributed by atoms with Crippen molar-refractivity contribution in [2.75, 3.05) is 0 Å². The number of hydrogen-bond donors (Lipinski definition) is 5. The van der Waals surface area contributed by atoms with Crippen LogP contribution >= 0.6 is 0 Å². The summed E-state index contributed by atoms with van der Waals surface area (Å²) in [5, 5.41) is 16.8. The van der Waals surface area contributed by atoms with Gasteiger partial charge < -0.3 is 27.5 Å². The van der Waals surface area contributed by atoms with E-state index in [1.54, 1.807) is 0 Å². The van der Waals surface area contributed by atoms with E-state index < -0.39 is 6.16 Å². The zero-order chi connectivity index (χ0) is 7.86. The Labute approximate surface area is 50.7 Å². The summed E-state index contributed by atoms with van der Waals surface area (Å²) in [5.74, 6) is 4.42. The molecule has 54 valence electrons. The summed E-state index contributed by atoms with van der Waals surface area (Å²) in [7, 11) is 0. The smallest absolute Gasteiger partial charge is 0.450 e. The highest BCUT2D eigenvalue weighted by atomic mass is 16.6. The van der Waals surface area contributed by atoms with Crippen molar-refractivity contribution in [2.24, 2.45) is 22.4 Å². The molecule has 0 aromatic rings. The number of carboxylic acid groups (broad SMARTS) is 2. The summed E-state index contributed by atoms with van der Waals surface area (Å²) in [6.45, 7) is 0. The highest BCUT2D eigenvalue weighted by molar-refractivity contribution is 5.75. The van der Waals surface area contributed by atoms with Crippen molar-refractivity contribution in [2.45, 2.75) is 0 Å². The molecule has 0 atom stereocenters. The number of nitrogens with two attached hydrogens (primary N) is 3. The van der Waals surface area contributed by atoms with E-state index in [9.17, 15) is 0 Å². The Morgan fingerprint density at radius 3 is 1.44 bits per heavy atom. The van der Waals surface area contributed by atoms with Gasteiger partial charge >= 0.3 is 6.16 Å². The predicted molar refractivity (Wildman–Crippen MR) is 30.7 cm³/mol. The third-order valence-corrected chi connectivity index (χ3v) is 0.149. The average molecular weight is 141 g/mol. The number of guanidine groups is 1. The maximum Gasteiger partial charge on any atom is 0.503 e. The lowest BCUT2D eigenvalue weighted by atomic mass is 11.5. The average Bonchev–Trinajstić information content (AvgIpc) is 1.65. The molecule has 0 bridgehead atoms. The fourth-order valence-electron chi connectivity index (χ4n) is 0. The number of hydrogen-bond acceptors (Lipinski definition) is 3. The molecule has 0 spiro atoms. The second kappa shape index (κ2) is 6.34. The van der Waals surface area contributed by atoms with Gasteiger partial charge in [-0.2, -0.15) is 0 Å². The van der Waals surface area contributed by atoms with E-state index in [0.717, 1.165) is 0 Å². The number of rotatable bonds is 0. The summed E-state index contributed by atoms with van der Waals surface area (Å²) < 4.78 is 0. The lowest BCUT2D eigenvalue weighted by molar-refractivity contribution is 0.137. The normalized spacial score (nSPS) is 6.22. The van der Waals surface area contributed by atoms with Gasteiger partial charge in [0.2, 0.25) is 5.96 Å². The zero-order valence-electron chi connectivity index (χ0n) is 4.48. The topological polar surface area (TPSA) is 148 Å². The number of hydrazone groups is 1. The van der Waals surface area contributed by atoms with Crippen LogP contribution in [0.2, 0.25) is 0 Å². The Morgan fingerprint density at radius 2 is 1.44 bits per heavy atom. The Bertz CT molecular complexity index is 102. The quantitative estimate of drug-likeness (QED) is 0.0681. The van der Waals surface area contributed by atoms with Crippen LogP contribution in [0.1, 0.15) is 0 Å². The summed E-state index contributed by atoms with van der Waals surface area (Å²) in [4.78, 5) is 8.56. The van der Waals surface area contributed by atoms with Crippen molar-refractivity contribution in [3.05, 3.63) is 0 Å². The van der Waals surface area contributed by atoms with Crippen LogP contribution < -0.4 is 17.3 Å². The highest BCUT2D eigenvalue weighted by Gasteiger charge is 1.70. The van der Waals surface area contributed by atoms with Crippen molar-refractivity contribution >= 4 is 12.1 Å². The Kier molecular flexibility index (Phi) is 7.29. The van der Waals surface area contributed by atoms with E-state index in [1.807, 2.05) is 0 Å². The predicted octanol–water partition coefficient (Wildman–Crippen LogP) is -1.64. The van der Waals surface area contributed by atoms with E-state index in [2.05, 4.69) is 10.9 Å². The highest BCUT2D eigenvalue weighted by Crippen LogP contribution is 1.42. The minimum Gasteiger partial charge on any atom is -0.450 e. The van der Waals surface area contributed by atoms with Crippen LogP contribution in [0.4, 0.5) is 4.79 Å². The van der Waals surface area contributed by atoms with Gasteiger partial charge in [0.15, 0.2) is 0 Å². The van der Waals surface area contributed by atoms with E-state index >= 15 is 0 Å². The van der Waals surface area contributed by atoms with Gasteiger partial charge in [-0.15, -0.1) is 5.10 Å². The molecule has 0 amide bonds. The molecule has 7 nitrogen and oxygen atoms in total.